The van der Waals surface area contributed by atoms with Crippen LogP contribution in [-0.2, 0) is 4.74 Å². The molecule has 0 saturated carbocycles. The number of benzene rings is 2. The molecule has 36 heavy (non-hydrogen) atoms. The highest BCUT2D eigenvalue weighted by molar-refractivity contribution is 5.85. The van der Waals surface area contributed by atoms with E-state index in [1.807, 2.05) is 4.90 Å². The Kier molecular flexibility index (Phi) is 13.8. The van der Waals surface area contributed by atoms with E-state index in [9.17, 15) is 13.6 Å². The van der Waals surface area contributed by atoms with Crippen molar-refractivity contribution in [3.63, 3.8) is 0 Å². The van der Waals surface area contributed by atoms with Gasteiger partial charge in [-0.2, -0.15) is 0 Å². The summed E-state index contributed by atoms with van der Waals surface area (Å²) in [4.78, 5) is 16.6. The maximum atomic E-state index is 13.4. The molecule has 0 aromatic heterocycles. The lowest BCUT2D eigenvalue weighted by Crippen LogP contribution is -2.52. The second kappa shape index (κ2) is 16.5. The molecule has 0 unspecified atom stereocenters. The van der Waals surface area contributed by atoms with Crippen LogP contribution in [0.15, 0.2) is 48.5 Å². The summed E-state index contributed by atoms with van der Waals surface area (Å²) < 4.78 is 33.0. The van der Waals surface area contributed by atoms with Crippen LogP contribution in [0.3, 0.4) is 0 Å². The predicted molar refractivity (Wildman–Crippen MR) is 143 cm³/mol. The zero-order chi connectivity index (χ0) is 24.9. The average Bonchev–Trinajstić information content (AvgIpc) is 2.88. The van der Waals surface area contributed by atoms with E-state index in [4.69, 9.17) is 4.74 Å². The monoisotopic (exact) mass is 523 g/mol. The first-order chi connectivity index (χ1) is 17.1. The number of carbonyl (C=O) groups is 1. The summed E-state index contributed by atoms with van der Waals surface area (Å²) in [5.74, 6) is -0.610. The molecule has 0 radical (unpaired) electrons. The summed E-state index contributed by atoms with van der Waals surface area (Å²) in [6.07, 6.45) is 6.88. The molecule has 5 nitrogen and oxygen atoms in total. The number of carbonyl (C=O) groups excluding carboxylic acids is 1. The van der Waals surface area contributed by atoms with E-state index in [2.05, 4.69) is 17.1 Å². The molecule has 1 aliphatic heterocycles. The van der Waals surface area contributed by atoms with Crippen LogP contribution >= 0.6 is 12.4 Å². The Balaban J connectivity index is 0.00000456. The third kappa shape index (κ3) is 10.0. The number of urea groups is 1. The molecule has 200 valence electrons. The van der Waals surface area contributed by atoms with Gasteiger partial charge in [-0.15, -0.1) is 12.4 Å². The highest BCUT2D eigenvalue weighted by Gasteiger charge is 2.21. The second-order valence-electron chi connectivity index (χ2n) is 9.18. The van der Waals surface area contributed by atoms with Crippen molar-refractivity contribution < 1.29 is 18.3 Å². The first-order valence-electron chi connectivity index (χ1n) is 12.9. The zero-order valence-electron chi connectivity index (χ0n) is 21.3. The maximum absolute atomic E-state index is 13.4. The Labute approximate surface area is 220 Å². The van der Waals surface area contributed by atoms with Gasteiger partial charge in [0.15, 0.2) is 0 Å². The summed E-state index contributed by atoms with van der Waals surface area (Å²) >= 11 is 0. The molecule has 1 fully saturated rings. The van der Waals surface area contributed by atoms with Crippen molar-refractivity contribution in [2.24, 2.45) is 0 Å². The van der Waals surface area contributed by atoms with Crippen LogP contribution in [0, 0.1) is 11.6 Å². The van der Waals surface area contributed by atoms with Crippen LogP contribution in [-0.4, -0.2) is 61.7 Å². The standard InChI is InChI=1S/C28H39F2N3O2.ClH/c1-2-3-4-5-6-7-16-31-28(34)33-19-17-32(18-20-33)21-22-35-27(23-8-12-25(29)13-9-23)24-10-14-26(30)15-11-24;/h8-15,27H,2-7,16-22H2,1H3,(H,31,34);1H. The largest absolute Gasteiger partial charge is 0.367 e. The van der Waals surface area contributed by atoms with Gasteiger partial charge in [-0.05, 0) is 41.8 Å². The Bertz CT molecular complexity index is 830. The van der Waals surface area contributed by atoms with Crippen molar-refractivity contribution in [1.29, 1.82) is 0 Å². The van der Waals surface area contributed by atoms with Gasteiger partial charge in [0, 0.05) is 39.3 Å². The predicted octanol–water partition coefficient (Wildman–Crippen LogP) is 6.18. The van der Waals surface area contributed by atoms with Crippen molar-refractivity contribution >= 4 is 18.4 Å². The number of hydrogen-bond donors (Lipinski definition) is 1. The molecule has 1 aliphatic rings. The minimum absolute atomic E-state index is 0. The second-order valence-corrected chi connectivity index (χ2v) is 9.18. The molecule has 1 saturated heterocycles. The number of piperazine rings is 1. The third-order valence-corrected chi connectivity index (χ3v) is 6.50. The van der Waals surface area contributed by atoms with Crippen LogP contribution in [0.1, 0.15) is 62.7 Å². The average molecular weight is 524 g/mol. The van der Waals surface area contributed by atoms with Crippen LogP contribution in [0.2, 0.25) is 0 Å². The van der Waals surface area contributed by atoms with Gasteiger partial charge >= 0.3 is 6.03 Å². The summed E-state index contributed by atoms with van der Waals surface area (Å²) in [6, 6.07) is 12.5. The Morgan fingerprint density at radius 2 is 1.39 bits per heavy atom. The summed E-state index contributed by atoms with van der Waals surface area (Å²) in [5.41, 5.74) is 1.65. The van der Waals surface area contributed by atoms with Gasteiger partial charge in [0.25, 0.3) is 0 Å². The molecule has 1 N–H and O–H groups in total. The Morgan fingerprint density at radius 3 is 1.94 bits per heavy atom. The van der Waals surface area contributed by atoms with E-state index < -0.39 is 6.10 Å². The minimum atomic E-state index is -0.398. The van der Waals surface area contributed by atoms with E-state index in [0.717, 1.165) is 43.7 Å². The van der Waals surface area contributed by atoms with Crippen LogP contribution in [0.5, 0.6) is 0 Å². The fourth-order valence-corrected chi connectivity index (χ4v) is 4.35. The molecule has 1 heterocycles. The van der Waals surface area contributed by atoms with Crippen LogP contribution < -0.4 is 5.32 Å². The molecule has 2 aromatic carbocycles. The summed E-state index contributed by atoms with van der Waals surface area (Å²) in [7, 11) is 0. The number of halogens is 3. The van der Waals surface area contributed by atoms with Gasteiger partial charge in [-0.1, -0.05) is 63.3 Å². The van der Waals surface area contributed by atoms with E-state index in [1.54, 1.807) is 24.3 Å². The molecular weight excluding hydrogens is 484 g/mol. The molecule has 0 bridgehead atoms. The highest BCUT2D eigenvalue weighted by atomic mass is 35.5. The molecule has 0 spiro atoms. The number of hydrogen-bond acceptors (Lipinski definition) is 3. The van der Waals surface area contributed by atoms with Crippen molar-refractivity contribution in [3.8, 4) is 0 Å². The molecule has 3 rings (SSSR count). The quantitative estimate of drug-likeness (QED) is 0.319. The molecule has 0 atom stereocenters. The van der Waals surface area contributed by atoms with Crippen LogP contribution in [0.25, 0.3) is 0 Å². The number of nitrogens with zero attached hydrogens (tertiary/aromatic N) is 2. The SMILES string of the molecule is CCCCCCCCNC(=O)N1CCN(CCOC(c2ccc(F)cc2)c2ccc(F)cc2)CC1.Cl. The van der Waals surface area contributed by atoms with Gasteiger partial charge in [0.05, 0.1) is 6.61 Å². The first kappa shape index (κ1) is 30.0. The normalized spacial score (nSPS) is 14.1. The molecule has 8 heteroatoms. The number of ether oxygens (including phenoxy) is 1. The van der Waals surface area contributed by atoms with E-state index in [0.29, 0.717) is 19.7 Å². The van der Waals surface area contributed by atoms with Crippen LogP contribution in [0.4, 0.5) is 13.6 Å². The van der Waals surface area contributed by atoms with Gasteiger partial charge in [0.1, 0.15) is 17.7 Å². The van der Waals surface area contributed by atoms with Crippen molar-refractivity contribution in [1.82, 2.24) is 15.1 Å². The van der Waals surface area contributed by atoms with E-state index in [1.165, 1.54) is 56.4 Å². The minimum Gasteiger partial charge on any atom is -0.367 e. The topological polar surface area (TPSA) is 44.8 Å². The first-order valence-corrected chi connectivity index (χ1v) is 12.9. The zero-order valence-corrected chi connectivity index (χ0v) is 22.1. The number of rotatable bonds is 13. The van der Waals surface area contributed by atoms with E-state index in [-0.39, 0.29) is 30.1 Å². The molecular formula is C28H40ClF2N3O2. The lowest BCUT2D eigenvalue weighted by atomic mass is 10.0. The van der Waals surface area contributed by atoms with Crippen molar-refractivity contribution in [2.75, 3.05) is 45.9 Å². The lowest BCUT2D eigenvalue weighted by molar-refractivity contribution is 0.0491. The molecule has 0 aliphatic carbocycles. The Hall–Kier alpha value is -2.22. The summed E-state index contributed by atoms with van der Waals surface area (Å²) in [6.45, 7) is 7.15. The van der Waals surface area contributed by atoms with Gasteiger partial charge in [-0.3, -0.25) is 4.90 Å². The van der Waals surface area contributed by atoms with Gasteiger partial charge in [0.2, 0.25) is 0 Å². The van der Waals surface area contributed by atoms with Gasteiger partial charge in [-0.25, -0.2) is 13.6 Å². The third-order valence-electron chi connectivity index (χ3n) is 6.50. The number of nitrogens with one attached hydrogen (secondary N) is 1. The fourth-order valence-electron chi connectivity index (χ4n) is 4.35. The van der Waals surface area contributed by atoms with E-state index >= 15 is 0 Å². The number of amides is 2. The van der Waals surface area contributed by atoms with Crippen molar-refractivity contribution in [3.05, 3.63) is 71.3 Å². The Morgan fingerprint density at radius 1 is 0.861 bits per heavy atom. The lowest BCUT2D eigenvalue weighted by Gasteiger charge is -2.35. The molecule has 2 aromatic rings. The van der Waals surface area contributed by atoms with Crippen molar-refractivity contribution in [2.45, 2.75) is 51.6 Å². The summed E-state index contributed by atoms with van der Waals surface area (Å²) in [5, 5.41) is 3.05. The number of unbranched alkanes of at least 4 members (excludes halogenated alkanes) is 5. The van der Waals surface area contributed by atoms with Gasteiger partial charge < -0.3 is 15.0 Å². The smallest absolute Gasteiger partial charge is 0.317 e. The highest BCUT2D eigenvalue weighted by Crippen LogP contribution is 2.26. The fraction of sp³-hybridized carbons (Fsp3) is 0.536. The molecule has 2 amide bonds. The maximum Gasteiger partial charge on any atom is 0.317 e.